The van der Waals surface area contributed by atoms with Crippen molar-refractivity contribution in [3.63, 3.8) is 0 Å². The lowest BCUT2D eigenvalue weighted by atomic mass is 9.99. The maximum Gasteiger partial charge on any atom is 0.164 e. The minimum atomic E-state index is 0.622. The van der Waals surface area contributed by atoms with Crippen LogP contribution in [0.5, 0.6) is 0 Å². The first kappa shape index (κ1) is 32.5. The van der Waals surface area contributed by atoms with E-state index >= 15 is 0 Å². The summed E-state index contributed by atoms with van der Waals surface area (Å²) in [5.41, 5.74) is 11.9. The molecule has 254 valence electrons. The fourth-order valence-corrected chi connectivity index (χ4v) is 6.45. The molecule has 0 unspecified atom stereocenters. The van der Waals surface area contributed by atoms with Gasteiger partial charge in [-0.2, -0.15) is 0 Å². The summed E-state index contributed by atoms with van der Waals surface area (Å²) in [5, 5.41) is 0. The summed E-state index contributed by atoms with van der Waals surface area (Å²) in [7, 11) is 0. The summed E-state index contributed by atoms with van der Waals surface area (Å²) in [4.78, 5) is 28.9. The Hall–Kier alpha value is -7.44. The van der Waals surface area contributed by atoms with Gasteiger partial charge in [0.1, 0.15) is 0 Å². The largest absolute Gasteiger partial charge is 0.265 e. The average molecular weight is 693 g/mol. The molecule has 0 aliphatic heterocycles. The summed E-state index contributed by atoms with van der Waals surface area (Å²) >= 11 is 0. The SMILES string of the molecule is c1ccc(-c2nc(-c3ccc(-c4ccncc4)cc3)cc(-c3ccc(-c4cccc(-c5nc(-c6ccccc6)nc(-c6ccccc6)n5)c4)cc3)n2)cc1. The van der Waals surface area contributed by atoms with E-state index < -0.39 is 0 Å². The monoisotopic (exact) mass is 692 g/mol. The van der Waals surface area contributed by atoms with Crippen LogP contribution in [0.25, 0.3) is 90.3 Å². The Bertz CT molecular complexity index is 2610. The van der Waals surface area contributed by atoms with Crippen molar-refractivity contribution < 1.29 is 0 Å². The Balaban J connectivity index is 1.06. The zero-order valence-corrected chi connectivity index (χ0v) is 29.2. The van der Waals surface area contributed by atoms with Gasteiger partial charge in [-0.1, -0.05) is 158 Å². The molecule has 3 aromatic heterocycles. The minimum absolute atomic E-state index is 0.622. The maximum atomic E-state index is 5.05. The van der Waals surface area contributed by atoms with Crippen LogP contribution in [-0.4, -0.2) is 29.9 Å². The summed E-state index contributed by atoms with van der Waals surface area (Å²) in [5.74, 6) is 2.58. The van der Waals surface area contributed by atoms with Crippen molar-refractivity contribution in [3.05, 3.63) is 194 Å². The van der Waals surface area contributed by atoms with E-state index in [4.69, 9.17) is 24.9 Å². The highest BCUT2D eigenvalue weighted by molar-refractivity contribution is 5.77. The van der Waals surface area contributed by atoms with E-state index in [1.54, 1.807) is 0 Å². The Kier molecular flexibility index (Phi) is 8.81. The summed E-state index contributed by atoms with van der Waals surface area (Å²) in [6, 6.07) is 61.7. The van der Waals surface area contributed by atoms with E-state index in [-0.39, 0.29) is 0 Å². The highest BCUT2D eigenvalue weighted by atomic mass is 15.0. The molecular formula is C48H32N6. The zero-order chi connectivity index (χ0) is 36.1. The molecule has 0 bridgehead atoms. The third-order valence-electron chi connectivity index (χ3n) is 9.29. The Morgan fingerprint density at radius 1 is 0.222 bits per heavy atom. The number of nitrogens with zero attached hydrogens (tertiary/aromatic N) is 6. The van der Waals surface area contributed by atoms with Gasteiger partial charge in [-0.15, -0.1) is 0 Å². The Morgan fingerprint density at radius 2 is 0.574 bits per heavy atom. The van der Waals surface area contributed by atoms with Gasteiger partial charge in [0.15, 0.2) is 23.3 Å². The molecule has 0 N–H and O–H groups in total. The predicted molar refractivity (Wildman–Crippen MR) is 217 cm³/mol. The van der Waals surface area contributed by atoms with Gasteiger partial charge in [0.05, 0.1) is 11.4 Å². The molecule has 9 aromatic rings. The van der Waals surface area contributed by atoms with Crippen LogP contribution in [0.4, 0.5) is 0 Å². The van der Waals surface area contributed by atoms with Gasteiger partial charge in [-0.3, -0.25) is 4.98 Å². The lowest BCUT2D eigenvalue weighted by Gasteiger charge is -2.11. The molecule has 0 saturated heterocycles. The molecule has 0 radical (unpaired) electrons. The van der Waals surface area contributed by atoms with Gasteiger partial charge in [0, 0.05) is 45.8 Å². The summed E-state index contributed by atoms with van der Waals surface area (Å²) < 4.78 is 0. The lowest BCUT2D eigenvalue weighted by molar-refractivity contribution is 1.07. The number of rotatable bonds is 8. The van der Waals surface area contributed by atoms with Crippen LogP contribution in [0.15, 0.2) is 194 Å². The van der Waals surface area contributed by atoms with Crippen LogP contribution in [0.2, 0.25) is 0 Å². The molecular weight excluding hydrogens is 661 g/mol. The van der Waals surface area contributed by atoms with Crippen LogP contribution in [0.3, 0.4) is 0 Å². The van der Waals surface area contributed by atoms with Gasteiger partial charge < -0.3 is 0 Å². The van der Waals surface area contributed by atoms with E-state index in [1.807, 2.05) is 122 Å². The first-order valence-corrected chi connectivity index (χ1v) is 17.8. The number of aromatic nitrogens is 6. The Morgan fingerprint density at radius 3 is 1.06 bits per heavy atom. The molecule has 0 spiro atoms. The van der Waals surface area contributed by atoms with Crippen molar-refractivity contribution >= 4 is 0 Å². The second kappa shape index (κ2) is 14.7. The maximum absolute atomic E-state index is 5.05. The van der Waals surface area contributed by atoms with Crippen molar-refractivity contribution in [1.82, 2.24) is 29.9 Å². The molecule has 0 amide bonds. The van der Waals surface area contributed by atoms with Gasteiger partial charge in [-0.05, 0) is 46.5 Å². The predicted octanol–water partition coefficient (Wildman–Crippen LogP) is 11.4. The molecule has 0 atom stereocenters. The van der Waals surface area contributed by atoms with Crippen LogP contribution < -0.4 is 0 Å². The molecule has 0 aliphatic carbocycles. The second-order valence-electron chi connectivity index (χ2n) is 12.8. The van der Waals surface area contributed by atoms with E-state index in [0.29, 0.717) is 23.3 Å². The second-order valence-corrected chi connectivity index (χ2v) is 12.8. The quantitative estimate of drug-likeness (QED) is 0.158. The zero-order valence-electron chi connectivity index (χ0n) is 29.2. The van der Waals surface area contributed by atoms with Crippen LogP contribution in [0, 0.1) is 0 Å². The van der Waals surface area contributed by atoms with Crippen molar-refractivity contribution in [2.75, 3.05) is 0 Å². The number of hydrogen-bond acceptors (Lipinski definition) is 6. The van der Waals surface area contributed by atoms with E-state index in [2.05, 4.69) is 77.8 Å². The highest BCUT2D eigenvalue weighted by Gasteiger charge is 2.14. The fourth-order valence-electron chi connectivity index (χ4n) is 6.45. The normalized spacial score (nSPS) is 11.0. The van der Waals surface area contributed by atoms with Gasteiger partial charge in [-0.25, -0.2) is 24.9 Å². The molecule has 0 saturated carbocycles. The highest BCUT2D eigenvalue weighted by Crippen LogP contribution is 2.32. The third kappa shape index (κ3) is 6.92. The van der Waals surface area contributed by atoms with Crippen molar-refractivity contribution in [1.29, 1.82) is 0 Å². The summed E-state index contributed by atoms with van der Waals surface area (Å²) in [6.07, 6.45) is 3.62. The molecule has 9 rings (SSSR count). The van der Waals surface area contributed by atoms with E-state index in [9.17, 15) is 0 Å². The number of benzene rings is 6. The molecule has 6 nitrogen and oxygen atoms in total. The third-order valence-corrected chi connectivity index (χ3v) is 9.29. The Labute approximate surface area is 313 Å². The van der Waals surface area contributed by atoms with Crippen molar-refractivity contribution in [2.45, 2.75) is 0 Å². The van der Waals surface area contributed by atoms with Crippen LogP contribution >= 0.6 is 0 Å². The standard InChI is InChI=1S/C48H32N6/c1-4-11-38(12-5-1)45-50-43(36-23-19-33(20-24-36)35-27-29-49-30-28-35)32-44(51-45)37-25-21-34(22-26-37)41-17-10-18-42(31-41)48-53-46(39-13-6-2-7-14-39)52-47(54-48)40-15-8-3-9-16-40/h1-32H. The molecule has 54 heavy (non-hydrogen) atoms. The topological polar surface area (TPSA) is 77.3 Å². The van der Waals surface area contributed by atoms with Gasteiger partial charge >= 0.3 is 0 Å². The van der Waals surface area contributed by atoms with Crippen LogP contribution in [-0.2, 0) is 0 Å². The number of hydrogen-bond donors (Lipinski definition) is 0. The average Bonchev–Trinajstić information content (AvgIpc) is 3.27. The van der Waals surface area contributed by atoms with Crippen molar-refractivity contribution in [3.8, 4) is 90.3 Å². The van der Waals surface area contributed by atoms with E-state index in [0.717, 1.165) is 67.0 Å². The minimum Gasteiger partial charge on any atom is -0.265 e. The molecule has 6 heteroatoms. The van der Waals surface area contributed by atoms with Gasteiger partial charge in [0.25, 0.3) is 0 Å². The van der Waals surface area contributed by atoms with Crippen molar-refractivity contribution in [2.24, 2.45) is 0 Å². The number of pyridine rings is 1. The summed E-state index contributed by atoms with van der Waals surface area (Å²) in [6.45, 7) is 0. The smallest absolute Gasteiger partial charge is 0.164 e. The first-order chi connectivity index (χ1) is 26.7. The molecule has 6 aromatic carbocycles. The molecule has 0 fully saturated rings. The first-order valence-electron chi connectivity index (χ1n) is 17.8. The molecule has 3 heterocycles. The van der Waals surface area contributed by atoms with E-state index in [1.165, 1.54) is 0 Å². The lowest BCUT2D eigenvalue weighted by Crippen LogP contribution is -2.00. The van der Waals surface area contributed by atoms with Crippen LogP contribution in [0.1, 0.15) is 0 Å². The fraction of sp³-hybridized carbons (Fsp3) is 0. The molecule has 0 aliphatic rings. The van der Waals surface area contributed by atoms with Gasteiger partial charge in [0.2, 0.25) is 0 Å².